The topological polar surface area (TPSA) is 109 Å². The fourth-order valence-corrected chi connectivity index (χ4v) is 1.10. The number of ether oxygens (including phenoxy) is 2. The van der Waals surface area contributed by atoms with Crippen LogP contribution in [-0.2, 0) is 20.8 Å². The fourth-order valence-electron chi connectivity index (χ4n) is 1.10. The average Bonchev–Trinajstić information content (AvgIpc) is 2.58. The molecule has 0 aliphatic carbocycles. The molecule has 0 saturated carbocycles. The van der Waals surface area contributed by atoms with Gasteiger partial charge in [0.05, 0.1) is 13.2 Å². The first kappa shape index (κ1) is 12.9. The molecular weight excluding hydrogens is 228 g/mol. The van der Waals surface area contributed by atoms with E-state index in [9.17, 15) is 9.59 Å². The van der Waals surface area contributed by atoms with Crippen LogP contribution in [-0.4, -0.2) is 40.1 Å². The molecule has 8 nitrogen and oxygen atoms in total. The Kier molecular flexibility index (Phi) is 4.02. The molecule has 1 rings (SSSR count). The number of esters is 2. The number of hydrogen-bond acceptors (Lipinski definition) is 7. The summed E-state index contributed by atoms with van der Waals surface area (Å²) in [7, 11) is 1.20. The van der Waals surface area contributed by atoms with Gasteiger partial charge in [0.25, 0.3) is 0 Å². The molecular formula is C9H14N4O4. The van der Waals surface area contributed by atoms with E-state index in [1.807, 2.05) is 0 Å². The molecule has 0 fully saturated rings. The molecule has 0 amide bonds. The molecule has 0 aromatic carbocycles. The summed E-state index contributed by atoms with van der Waals surface area (Å²) in [6.07, 6.45) is -0.229. The fraction of sp³-hybridized carbons (Fsp3) is 0.556. The largest absolute Gasteiger partial charge is 0.464 e. The van der Waals surface area contributed by atoms with E-state index < -0.39 is 11.9 Å². The number of nitrogen functional groups attached to an aromatic ring is 1. The van der Waals surface area contributed by atoms with Crippen LogP contribution < -0.4 is 5.73 Å². The highest BCUT2D eigenvalue weighted by molar-refractivity contribution is 5.91. The minimum atomic E-state index is -0.703. The molecule has 8 heteroatoms. The van der Waals surface area contributed by atoms with Crippen molar-refractivity contribution in [3.05, 3.63) is 5.69 Å². The molecule has 1 heterocycles. The zero-order chi connectivity index (χ0) is 13.0. The molecule has 94 valence electrons. The minimum Gasteiger partial charge on any atom is -0.464 e. The van der Waals surface area contributed by atoms with Crippen LogP contribution >= 0.6 is 0 Å². The van der Waals surface area contributed by atoms with Crippen LogP contribution in [0, 0.1) is 0 Å². The third kappa shape index (κ3) is 3.16. The first-order valence-electron chi connectivity index (χ1n) is 4.92. The van der Waals surface area contributed by atoms with Gasteiger partial charge in [-0.15, -0.1) is 5.10 Å². The molecule has 0 saturated heterocycles. The summed E-state index contributed by atoms with van der Waals surface area (Å²) in [6, 6.07) is 0. The Labute approximate surface area is 97.7 Å². The Balaban J connectivity index is 2.77. The molecule has 1 aromatic rings. The van der Waals surface area contributed by atoms with Crippen LogP contribution in [0.2, 0.25) is 0 Å². The van der Waals surface area contributed by atoms with Crippen LogP contribution in [0.25, 0.3) is 0 Å². The van der Waals surface area contributed by atoms with Crippen molar-refractivity contribution in [2.45, 2.75) is 26.5 Å². The zero-order valence-corrected chi connectivity index (χ0v) is 9.84. The van der Waals surface area contributed by atoms with Gasteiger partial charge in [0.15, 0.2) is 5.82 Å². The van der Waals surface area contributed by atoms with Gasteiger partial charge in [0.1, 0.15) is 6.54 Å². The first-order valence-corrected chi connectivity index (χ1v) is 4.92. The summed E-state index contributed by atoms with van der Waals surface area (Å²) in [5, 5.41) is 7.10. The van der Waals surface area contributed by atoms with E-state index in [1.54, 1.807) is 13.8 Å². The molecule has 0 aliphatic heterocycles. The lowest BCUT2D eigenvalue weighted by atomic mass is 10.4. The number of carbonyl (C=O) groups is 2. The van der Waals surface area contributed by atoms with E-state index in [0.717, 1.165) is 4.68 Å². The quantitative estimate of drug-likeness (QED) is 0.715. The first-order chi connectivity index (χ1) is 7.95. The Morgan fingerprint density at radius 3 is 2.65 bits per heavy atom. The van der Waals surface area contributed by atoms with Gasteiger partial charge in [-0.3, -0.25) is 4.79 Å². The summed E-state index contributed by atoms with van der Waals surface area (Å²) in [6.45, 7) is 3.25. The number of anilines is 1. The Hall–Kier alpha value is -2.12. The van der Waals surface area contributed by atoms with Crippen molar-refractivity contribution in [2.24, 2.45) is 0 Å². The average molecular weight is 242 g/mol. The van der Waals surface area contributed by atoms with Crippen molar-refractivity contribution in [2.75, 3.05) is 12.8 Å². The lowest BCUT2D eigenvalue weighted by Gasteiger charge is -2.07. The predicted molar refractivity (Wildman–Crippen MR) is 57.0 cm³/mol. The van der Waals surface area contributed by atoms with E-state index in [0.29, 0.717) is 0 Å². The van der Waals surface area contributed by atoms with E-state index in [2.05, 4.69) is 15.0 Å². The number of carbonyl (C=O) groups excluding carboxylic acids is 2. The van der Waals surface area contributed by atoms with Gasteiger partial charge in [0, 0.05) is 0 Å². The SMILES string of the molecule is COC(=O)c1nnn(CC(=O)OC(C)C)c1N. The van der Waals surface area contributed by atoms with Crippen LogP contribution in [0.1, 0.15) is 24.3 Å². The normalized spacial score (nSPS) is 10.4. The van der Waals surface area contributed by atoms with E-state index in [1.165, 1.54) is 7.11 Å². The molecule has 1 aromatic heterocycles. The molecule has 0 atom stereocenters. The summed E-state index contributed by atoms with van der Waals surface area (Å²) in [5.74, 6) is -1.24. The van der Waals surface area contributed by atoms with Gasteiger partial charge in [-0.1, -0.05) is 5.21 Å². The smallest absolute Gasteiger partial charge is 0.362 e. The van der Waals surface area contributed by atoms with E-state index >= 15 is 0 Å². The van der Waals surface area contributed by atoms with Gasteiger partial charge >= 0.3 is 11.9 Å². The second kappa shape index (κ2) is 5.28. The van der Waals surface area contributed by atoms with Crippen molar-refractivity contribution in [3.63, 3.8) is 0 Å². The summed E-state index contributed by atoms with van der Waals surface area (Å²) >= 11 is 0. The predicted octanol–water partition coefficient (Wildman–Crippen LogP) is -0.401. The Bertz CT molecular complexity index is 427. The maximum Gasteiger partial charge on any atom is 0.362 e. The van der Waals surface area contributed by atoms with E-state index in [4.69, 9.17) is 10.5 Å². The number of methoxy groups -OCH3 is 1. The number of nitrogens with zero attached hydrogens (tertiary/aromatic N) is 3. The number of aromatic nitrogens is 3. The lowest BCUT2D eigenvalue weighted by Crippen LogP contribution is -2.19. The van der Waals surface area contributed by atoms with Crippen molar-refractivity contribution in [3.8, 4) is 0 Å². The second-order valence-corrected chi connectivity index (χ2v) is 3.51. The summed E-state index contributed by atoms with van der Waals surface area (Å²) in [4.78, 5) is 22.5. The number of hydrogen-bond donors (Lipinski definition) is 1. The minimum absolute atomic E-state index is 0.0300. The van der Waals surface area contributed by atoms with Crippen molar-refractivity contribution < 1.29 is 19.1 Å². The standard InChI is InChI=1S/C9H14N4O4/c1-5(2)17-6(14)4-13-8(10)7(11-12-13)9(15)16-3/h5H,4,10H2,1-3H3. The van der Waals surface area contributed by atoms with Crippen LogP contribution in [0.3, 0.4) is 0 Å². The van der Waals surface area contributed by atoms with Crippen molar-refractivity contribution in [1.29, 1.82) is 0 Å². The summed E-state index contributed by atoms with van der Waals surface area (Å²) < 4.78 is 10.4. The molecule has 0 aliphatic rings. The van der Waals surface area contributed by atoms with Crippen molar-refractivity contribution in [1.82, 2.24) is 15.0 Å². The van der Waals surface area contributed by atoms with Gasteiger partial charge in [-0.25, -0.2) is 9.48 Å². The third-order valence-electron chi connectivity index (χ3n) is 1.80. The highest BCUT2D eigenvalue weighted by Gasteiger charge is 2.19. The number of rotatable bonds is 4. The van der Waals surface area contributed by atoms with Crippen molar-refractivity contribution >= 4 is 17.8 Å². The van der Waals surface area contributed by atoms with Gasteiger partial charge in [-0.2, -0.15) is 0 Å². The molecule has 17 heavy (non-hydrogen) atoms. The zero-order valence-electron chi connectivity index (χ0n) is 9.84. The maximum atomic E-state index is 11.3. The monoisotopic (exact) mass is 242 g/mol. The maximum absolute atomic E-state index is 11.3. The Morgan fingerprint density at radius 1 is 1.47 bits per heavy atom. The highest BCUT2D eigenvalue weighted by Crippen LogP contribution is 2.09. The van der Waals surface area contributed by atoms with Gasteiger partial charge in [0.2, 0.25) is 5.69 Å². The van der Waals surface area contributed by atoms with Crippen LogP contribution in [0.15, 0.2) is 0 Å². The highest BCUT2D eigenvalue weighted by atomic mass is 16.5. The lowest BCUT2D eigenvalue weighted by molar-refractivity contribution is -0.148. The number of nitrogens with two attached hydrogens (primary N) is 1. The molecule has 2 N–H and O–H groups in total. The molecule has 0 spiro atoms. The van der Waals surface area contributed by atoms with Crippen LogP contribution in [0.4, 0.5) is 5.82 Å². The van der Waals surface area contributed by atoms with Crippen LogP contribution in [0.5, 0.6) is 0 Å². The van der Waals surface area contributed by atoms with Gasteiger partial charge in [-0.05, 0) is 13.8 Å². The Morgan fingerprint density at radius 2 is 2.12 bits per heavy atom. The molecule has 0 unspecified atom stereocenters. The second-order valence-electron chi connectivity index (χ2n) is 3.51. The molecule has 0 bridgehead atoms. The summed E-state index contributed by atoms with van der Waals surface area (Å²) in [5.41, 5.74) is 5.47. The van der Waals surface area contributed by atoms with Gasteiger partial charge < -0.3 is 15.2 Å². The van der Waals surface area contributed by atoms with E-state index in [-0.39, 0.29) is 24.2 Å². The third-order valence-corrected chi connectivity index (χ3v) is 1.80. The molecule has 0 radical (unpaired) electrons.